The Labute approximate surface area is 87.5 Å². The average molecular weight is 197 g/mol. The highest BCUT2D eigenvalue weighted by molar-refractivity contribution is 5.86. The number of hydrogen-bond donors (Lipinski definition) is 1. The van der Waals surface area contributed by atoms with Crippen molar-refractivity contribution in [2.45, 2.75) is 58.4 Å². The molecular formula is C12H23NO. The summed E-state index contributed by atoms with van der Waals surface area (Å²) in [6.07, 6.45) is 6.99. The molecule has 14 heavy (non-hydrogen) atoms. The van der Waals surface area contributed by atoms with Gasteiger partial charge in [-0.2, -0.15) is 0 Å². The number of Topliss-reactive ketones (excluding diaryl/α,β-unsaturated/α-hetero) is 1. The van der Waals surface area contributed by atoms with Crippen molar-refractivity contribution in [1.29, 1.82) is 0 Å². The van der Waals surface area contributed by atoms with Crippen molar-refractivity contribution in [3.05, 3.63) is 0 Å². The third kappa shape index (κ3) is 3.41. The maximum atomic E-state index is 11.9. The van der Waals surface area contributed by atoms with E-state index in [0.717, 1.165) is 25.8 Å². The van der Waals surface area contributed by atoms with Gasteiger partial charge in [0, 0.05) is 5.92 Å². The van der Waals surface area contributed by atoms with Gasteiger partial charge < -0.3 is 5.32 Å². The van der Waals surface area contributed by atoms with E-state index < -0.39 is 0 Å². The summed E-state index contributed by atoms with van der Waals surface area (Å²) in [5.41, 5.74) is 0. The molecule has 2 heteroatoms. The molecule has 0 aromatic heterocycles. The largest absolute Gasteiger partial charge is 0.307 e. The lowest BCUT2D eigenvalue weighted by atomic mass is 9.93. The fraction of sp³-hybridized carbons (Fsp3) is 0.917. The summed E-state index contributed by atoms with van der Waals surface area (Å²) in [5.74, 6) is 0.704. The van der Waals surface area contributed by atoms with E-state index in [9.17, 15) is 4.79 Å². The summed E-state index contributed by atoms with van der Waals surface area (Å²) in [5, 5.41) is 3.28. The zero-order valence-corrected chi connectivity index (χ0v) is 9.51. The number of ketones is 1. The molecule has 2 atom stereocenters. The second-order valence-corrected chi connectivity index (χ2v) is 4.45. The minimum Gasteiger partial charge on any atom is -0.307 e. The molecule has 1 saturated heterocycles. The molecule has 1 N–H and O–H groups in total. The standard InChI is InChI=1S/C12H23NO/c1-3-4-5-7-10(2)12(14)11-8-6-9-13-11/h10-11,13H,3-9H2,1-2H3/t10?,11-/m0/s1. The fourth-order valence-corrected chi connectivity index (χ4v) is 2.11. The van der Waals surface area contributed by atoms with Crippen LogP contribution in [0.2, 0.25) is 0 Å². The Morgan fingerprint density at radius 1 is 1.50 bits per heavy atom. The summed E-state index contributed by atoms with van der Waals surface area (Å²) in [4.78, 5) is 11.9. The molecule has 1 aliphatic heterocycles. The lowest BCUT2D eigenvalue weighted by molar-refractivity contribution is -0.124. The molecule has 0 bridgehead atoms. The molecule has 0 amide bonds. The molecule has 0 aromatic rings. The fourth-order valence-electron chi connectivity index (χ4n) is 2.11. The molecule has 1 fully saturated rings. The molecule has 82 valence electrons. The van der Waals surface area contributed by atoms with Crippen LogP contribution in [-0.4, -0.2) is 18.4 Å². The van der Waals surface area contributed by atoms with Crippen LogP contribution in [0.15, 0.2) is 0 Å². The first-order valence-corrected chi connectivity index (χ1v) is 6.02. The van der Waals surface area contributed by atoms with Crippen molar-refractivity contribution in [3.63, 3.8) is 0 Å². The van der Waals surface area contributed by atoms with Gasteiger partial charge in [0.05, 0.1) is 6.04 Å². The van der Waals surface area contributed by atoms with Gasteiger partial charge >= 0.3 is 0 Å². The minimum atomic E-state index is 0.173. The zero-order valence-electron chi connectivity index (χ0n) is 9.51. The summed E-state index contributed by atoms with van der Waals surface area (Å²) in [6.45, 7) is 5.31. The molecule has 0 aromatic carbocycles. The summed E-state index contributed by atoms with van der Waals surface area (Å²) >= 11 is 0. The minimum absolute atomic E-state index is 0.173. The van der Waals surface area contributed by atoms with E-state index in [0.29, 0.717) is 5.78 Å². The van der Waals surface area contributed by atoms with E-state index in [-0.39, 0.29) is 12.0 Å². The first-order valence-electron chi connectivity index (χ1n) is 6.02. The van der Waals surface area contributed by atoms with Crippen LogP contribution in [0.3, 0.4) is 0 Å². The van der Waals surface area contributed by atoms with Gasteiger partial charge in [0.15, 0.2) is 5.78 Å². The van der Waals surface area contributed by atoms with Crippen LogP contribution in [-0.2, 0) is 4.79 Å². The molecule has 1 aliphatic rings. The molecule has 1 rings (SSSR count). The lowest BCUT2D eigenvalue weighted by Gasteiger charge is -2.15. The van der Waals surface area contributed by atoms with Crippen LogP contribution < -0.4 is 5.32 Å². The number of hydrogen-bond acceptors (Lipinski definition) is 2. The third-order valence-corrected chi connectivity index (χ3v) is 3.13. The second kappa shape index (κ2) is 6.18. The van der Waals surface area contributed by atoms with Crippen molar-refractivity contribution in [3.8, 4) is 0 Å². The Hall–Kier alpha value is -0.370. The van der Waals surface area contributed by atoms with Crippen molar-refractivity contribution >= 4 is 5.78 Å². The van der Waals surface area contributed by atoms with E-state index in [2.05, 4.69) is 19.2 Å². The molecular weight excluding hydrogens is 174 g/mol. The predicted octanol–water partition coefficient (Wildman–Crippen LogP) is 2.52. The molecule has 0 aliphatic carbocycles. The maximum Gasteiger partial charge on any atom is 0.152 e. The predicted molar refractivity (Wildman–Crippen MR) is 59.3 cm³/mol. The van der Waals surface area contributed by atoms with E-state index in [4.69, 9.17) is 0 Å². The summed E-state index contributed by atoms with van der Waals surface area (Å²) < 4.78 is 0. The third-order valence-electron chi connectivity index (χ3n) is 3.13. The van der Waals surface area contributed by atoms with Crippen LogP contribution >= 0.6 is 0 Å². The lowest BCUT2D eigenvalue weighted by Crippen LogP contribution is -2.34. The summed E-state index contributed by atoms with van der Waals surface area (Å²) in [6, 6.07) is 0.173. The first-order chi connectivity index (χ1) is 6.75. The van der Waals surface area contributed by atoms with Gasteiger partial charge in [-0.1, -0.05) is 33.1 Å². The average Bonchev–Trinajstić information content (AvgIpc) is 2.69. The van der Waals surface area contributed by atoms with E-state index >= 15 is 0 Å². The Kier molecular flexibility index (Phi) is 5.16. The number of nitrogens with one attached hydrogen (secondary N) is 1. The Balaban J connectivity index is 2.21. The second-order valence-electron chi connectivity index (χ2n) is 4.45. The maximum absolute atomic E-state index is 11.9. The van der Waals surface area contributed by atoms with Crippen LogP contribution in [0, 0.1) is 5.92 Å². The van der Waals surface area contributed by atoms with E-state index in [1.54, 1.807) is 0 Å². The van der Waals surface area contributed by atoms with Crippen molar-refractivity contribution in [2.24, 2.45) is 5.92 Å². The normalized spacial score (nSPS) is 23.7. The van der Waals surface area contributed by atoms with Gasteiger partial charge in [0.1, 0.15) is 0 Å². The molecule has 0 radical (unpaired) electrons. The SMILES string of the molecule is CCCCCC(C)C(=O)[C@@H]1CCCN1. The highest BCUT2D eigenvalue weighted by Crippen LogP contribution is 2.16. The van der Waals surface area contributed by atoms with Crippen molar-refractivity contribution in [2.75, 3.05) is 6.54 Å². The molecule has 1 unspecified atom stereocenters. The summed E-state index contributed by atoms with van der Waals surface area (Å²) in [7, 11) is 0. The van der Waals surface area contributed by atoms with Gasteiger partial charge in [-0.15, -0.1) is 0 Å². The van der Waals surface area contributed by atoms with E-state index in [1.807, 2.05) is 0 Å². The zero-order chi connectivity index (χ0) is 10.4. The van der Waals surface area contributed by atoms with E-state index in [1.165, 1.54) is 19.3 Å². The van der Waals surface area contributed by atoms with Crippen LogP contribution in [0.4, 0.5) is 0 Å². The van der Waals surface area contributed by atoms with Gasteiger partial charge in [0.25, 0.3) is 0 Å². The smallest absolute Gasteiger partial charge is 0.152 e. The Morgan fingerprint density at radius 2 is 2.29 bits per heavy atom. The van der Waals surface area contributed by atoms with Gasteiger partial charge in [-0.05, 0) is 25.8 Å². The molecule has 1 heterocycles. The van der Waals surface area contributed by atoms with Crippen LogP contribution in [0.25, 0.3) is 0 Å². The monoisotopic (exact) mass is 197 g/mol. The van der Waals surface area contributed by atoms with Gasteiger partial charge in [0.2, 0.25) is 0 Å². The van der Waals surface area contributed by atoms with Gasteiger partial charge in [-0.25, -0.2) is 0 Å². The number of carbonyl (C=O) groups is 1. The number of carbonyl (C=O) groups excluding carboxylic acids is 1. The Morgan fingerprint density at radius 3 is 2.86 bits per heavy atom. The van der Waals surface area contributed by atoms with Crippen molar-refractivity contribution in [1.82, 2.24) is 5.32 Å². The van der Waals surface area contributed by atoms with Crippen molar-refractivity contribution < 1.29 is 4.79 Å². The number of rotatable bonds is 6. The first kappa shape index (κ1) is 11.7. The molecule has 0 spiro atoms. The number of unbranched alkanes of at least 4 members (excludes halogenated alkanes) is 2. The highest BCUT2D eigenvalue weighted by Gasteiger charge is 2.25. The topological polar surface area (TPSA) is 29.1 Å². The Bertz CT molecular complexity index is 173. The van der Waals surface area contributed by atoms with Crippen LogP contribution in [0.1, 0.15) is 52.4 Å². The molecule has 0 saturated carbocycles. The van der Waals surface area contributed by atoms with Crippen LogP contribution in [0.5, 0.6) is 0 Å². The molecule has 2 nitrogen and oxygen atoms in total. The highest BCUT2D eigenvalue weighted by atomic mass is 16.1. The van der Waals surface area contributed by atoms with Gasteiger partial charge in [-0.3, -0.25) is 4.79 Å². The quantitative estimate of drug-likeness (QED) is 0.663.